The van der Waals surface area contributed by atoms with Crippen molar-refractivity contribution in [3.8, 4) is 0 Å². The van der Waals surface area contributed by atoms with Gasteiger partial charge in [-0.3, -0.25) is 14.6 Å². The van der Waals surface area contributed by atoms with E-state index in [4.69, 9.17) is 15.6 Å². The number of aromatic amines is 1. The van der Waals surface area contributed by atoms with Crippen LogP contribution >= 0.6 is 0 Å². The minimum Gasteiger partial charge on any atom is -0.460 e. The minimum absolute atomic E-state index is 0.0110. The lowest BCUT2D eigenvalue weighted by Crippen LogP contribution is -2.65. The van der Waals surface area contributed by atoms with E-state index >= 15 is 0 Å². The third-order valence-corrected chi connectivity index (χ3v) is 15.6. The molecule has 3 aromatic rings. The molecule has 49 heavy (non-hydrogen) atoms. The first-order valence-electron chi connectivity index (χ1n) is 18.8. The van der Waals surface area contributed by atoms with Crippen LogP contribution in [-0.2, 0) is 35.0 Å². The molecule has 0 spiro atoms. The minimum atomic E-state index is -0.510. The molecule has 7 heteroatoms. The highest BCUT2D eigenvalue weighted by atomic mass is 16.5. The van der Waals surface area contributed by atoms with E-state index in [9.17, 15) is 4.79 Å². The number of hydrogen-bond acceptors (Lipinski definition) is 5. The molecule has 2 heterocycles. The van der Waals surface area contributed by atoms with Crippen molar-refractivity contribution < 1.29 is 9.53 Å². The quantitative estimate of drug-likeness (QED) is 0.272. The van der Waals surface area contributed by atoms with Gasteiger partial charge < -0.3 is 10.5 Å². The summed E-state index contributed by atoms with van der Waals surface area (Å²) in [5, 5.41) is 12.7. The van der Waals surface area contributed by atoms with Gasteiger partial charge in [0.1, 0.15) is 12.4 Å². The lowest BCUT2D eigenvalue weighted by Gasteiger charge is -2.71. The zero-order valence-corrected chi connectivity index (χ0v) is 31.1. The highest BCUT2D eigenvalue weighted by Crippen LogP contribution is 2.77. The number of nitrogen functional groups attached to an aromatic ring is 1. The summed E-state index contributed by atoms with van der Waals surface area (Å²) in [6, 6.07) is 10.2. The smallest absolute Gasteiger partial charge is 0.313 e. The molecule has 1 aromatic carbocycles. The van der Waals surface area contributed by atoms with Gasteiger partial charge in [0.05, 0.1) is 11.6 Å². The second-order valence-corrected chi connectivity index (χ2v) is 18.9. The average molecular weight is 664 g/mol. The Morgan fingerprint density at radius 2 is 1.73 bits per heavy atom. The fourth-order valence-corrected chi connectivity index (χ4v) is 12.9. The number of fused-ring (bicyclic) bond motifs is 8. The van der Waals surface area contributed by atoms with Gasteiger partial charge in [0.15, 0.2) is 0 Å². The normalized spacial score (nSPS) is 37.3. The third-order valence-electron chi connectivity index (χ3n) is 15.6. The lowest BCUT2D eigenvalue weighted by atomic mass is 9.33. The average Bonchev–Trinajstić information content (AvgIpc) is 3.65. The molecule has 0 bridgehead atoms. The molecule has 3 unspecified atom stereocenters. The van der Waals surface area contributed by atoms with Gasteiger partial charge in [-0.25, -0.2) is 0 Å². The Morgan fingerprint density at radius 1 is 1.00 bits per heavy atom. The van der Waals surface area contributed by atoms with E-state index in [2.05, 4.69) is 83.2 Å². The Hall–Kier alpha value is -3.35. The number of aryl methyl sites for hydroxylation is 1. The Bertz CT molecular complexity index is 1830. The maximum Gasteiger partial charge on any atom is 0.313 e. The van der Waals surface area contributed by atoms with Gasteiger partial charge in [0.25, 0.3) is 0 Å². The van der Waals surface area contributed by atoms with Crippen LogP contribution in [0.4, 0.5) is 5.82 Å². The molecule has 7 atom stereocenters. The van der Waals surface area contributed by atoms with Crippen LogP contribution in [0, 0.1) is 44.8 Å². The molecule has 3 fully saturated rings. The number of hydrogen-bond donors (Lipinski definition) is 2. The number of carbonyl (C=O) groups is 1. The molecular weight excluding hydrogens is 606 g/mol. The van der Waals surface area contributed by atoms with Gasteiger partial charge in [-0.1, -0.05) is 84.4 Å². The number of nitrogens with two attached hydrogens (primary N) is 1. The number of rotatable bonds is 4. The summed E-state index contributed by atoms with van der Waals surface area (Å²) >= 11 is 0. The molecule has 8 rings (SSSR count). The van der Waals surface area contributed by atoms with Crippen LogP contribution < -0.4 is 5.73 Å². The van der Waals surface area contributed by atoms with E-state index in [0.29, 0.717) is 24.3 Å². The highest BCUT2D eigenvalue weighted by molar-refractivity contribution is 5.81. The van der Waals surface area contributed by atoms with Crippen molar-refractivity contribution >= 4 is 17.4 Å². The SMILES string of the molecule is Cn1cc(C2=C3C4CC(C)(C)CC[C@]4(C(=O)OCc4ccccc4)CC[C@@]3(C)[C@]3(C)CCC4C(C)(C)c5[nH]nc(N)c5C[C@]4(C)C3C2)cn1. The van der Waals surface area contributed by atoms with Crippen molar-refractivity contribution in [2.75, 3.05) is 5.73 Å². The molecule has 3 saturated carbocycles. The Morgan fingerprint density at radius 3 is 2.45 bits per heavy atom. The fraction of sp³-hybridized carbons (Fsp3) is 0.643. The van der Waals surface area contributed by atoms with Crippen molar-refractivity contribution in [3.63, 3.8) is 0 Å². The van der Waals surface area contributed by atoms with Gasteiger partial charge >= 0.3 is 5.97 Å². The molecular formula is C42H57N5O2. The molecule has 7 nitrogen and oxygen atoms in total. The number of ether oxygens (including phenoxy) is 1. The summed E-state index contributed by atoms with van der Waals surface area (Å²) in [7, 11) is 2.03. The summed E-state index contributed by atoms with van der Waals surface area (Å²) in [6.07, 6.45) is 13.4. The van der Waals surface area contributed by atoms with Crippen LogP contribution in [0.1, 0.15) is 122 Å². The van der Waals surface area contributed by atoms with E-state index in [0.717, 1.165) is 50.5 Å². The number of carbonyl (C=O) groups excluding carboxylic acids is 1. The number of anilines is 1. The molecule has 2 aromatic heterocycles. The Balaban J connectivity index is 1.30. The second-order valence-electron chi connectivity index (χ2n) is 18.9. The van der Waals surface area contributed by atoms with E-state index in [1.54, 1.807) is 5.57 Å². The molecule has 0 aliphatic heterocycles. The summed E-state index contributed by atoms with van der Waals surface area (Å²) in [6.45, 7) is 17.8. The van der Waals surface area contributed by atoms with Crippen molar-refractivity contribution in [3.05, 3.63) is 70.7 Å². The van der Waals surface area contributed by atoms with Gasteiger partial charge in [-0.05, 0) is 108 Å². The lowest BCUT2D eigenvalue weighted by molar-refractivity contribution is -0.181. The fourth-order valence-electron chi connectivity index (χ4n) is 12.9. The molecule has 0 saturated heterocycles. The topological polar surface area (TPSA) is 98.8 Å². The van der Waals surface area contributed by atoms with Gasteiger partial charge in [-0.2, -0.15) is 10.2 Å². The first-order valence-corrected chi connectivity index (χ1v) is 18.8. The second kappa shape index (κ2) is 10.6. The van der Waals surface area contributed by atoms with Crippen molar-refractivity contribution in [1.29, 1.82) is 0 Å². The zero-order valence-electron chi connectivity index (χ0n) is 31.1. The van der Waals surface area contributed by atoms with Crippen molar-refractivity contribution in [2.45, 2.75) is 118 Å². The summed E-state index contributed by atoms with van der Waals surface area (Å²) in [5.41, 5.74) is 14.0. The van der Waals surface area contributed by atoms with E-state index in [1.807, 2.05) is 29.9 Å². The molecule has 0 amide bonds. The summed E-state index contributed by atoms with van der Waals surface area (Å²) < 4.78 is 8.29. The largest absolute Gasteiger partial charge is 0.460 e. The van der Waals surface area contributed by atoms with E-state index in [-0.39, 0.29) is 39.0 Å². The molecule has 262 valence electrons. The highest BCUT2D eigenvalue weighted by Gasteiger charge is 2.70. The van der Waals surface area contributed by atoms with Crippen LogP contribution in [0.3, 0.4) is 0 Å². The third kappa shape index (κ3) is 4.48. The number of aromatic nitrogens is 4. The predicted octanol–water partition coefficient (Wildman–Crippen LogP) is 8.81. The van der Waals surface area contributed by atoms with Crippen LogP contribution in [0.5, 0.6) is 0 Å². The van der Waals surface area contributed by atoms with Crippen LogP contribution in [-0.4, -0.2) is 25.9 Å². The first kappa shape index (κ1) is 32.8. The number of benzene rings is 1. The Kier molecular flexibility index (Phi) is 7.09. The van der Waals surface area contributed by atoms with Gasteiger partial charge in [0, 0.05) is 35.5 Å². The van der Waals surface area contributed by atoms with Crippen molar-refractivity contribution in [1.82, 2.24) is 20.0 Å². The number of nitrogens with zero attached hydrogens (tertiary/aromatic N) is 3. The van der Waals surface area contributed by atoms with E-state index < -0.39 is 5.41 Å². The number of H-pyrrole nitrogens is 1. The molecule has 3 N–H and O–H groups in total. The van der Waals surface area contributed by atoms with E-state index in [1.165, 1.54) is 35.2 Å². The number of allylic oxidation sites excluding steroid dienone is 2. The van der Waals surface area contributed by atoms with Crippen LogP contribution in [0.15, 0.2) is 48.3 Å². The predicted molar refractivity (Wildman–Crippen MR) is 194 cm³/mol. The van der Waals surface area contributed by atoms with Crippen molar-refractivity contribution in [2.24, 2.45) is 51.9 Å². The molecule has 5 aliphatic rings. The summed E-state index contributed by atoms with van der Waals surface area (Å²) in [4.78, 5) is 14.7. The first-order chi connectivity index (χ1) is 23.1. The van der Waals surface area contributed by atoms with Gasteiger partial charge in [-0.15, -0.1) is 0 Å². The Labute approximate surface area is 292 Å². The zero-order chi connectivity index (χ0) is 34.8. The van der Waals surface area contributed by atoms with Gasteiger partial charge in [0.2, 0.25) is 0 Å². The molecule has 5 aliphatic carbocycles. The summed E-state index contributed by atoms with van der Waals surface area (Å²) in [5.74, 6) is 1.77. The maximum absolute atomic E-state index is 14.7. The van der Waals surface area contributed by atoms with Crippen LogP contribution in [0.2, 0.25) is 0 Å². The van der Waals surface area contributed by atoms with Crippen LogP contribution in [0.25, 0.3) is 5.57 Å². The standard InChI is InChI=1S/C42H57N5O2/c1-37(2)16-18-42(36(48)49-25-26-12-10-9-11-13-26)19-17-41(7)33(30(42)22-37)28(27-23-44-47(8)24-27)20-32-39(5)21-29-34(45-46-35(29)43)38(3,4)31(39)14-15-40(32,41)6/h9-13,23-24,30-32H,14-22,25H2,1-8H3,(H3,43,45,46)/t30?,31?,32?,39-,40+,41+,42-/m0/s1. The number of esters is 1. The monoisotopic (exact) mass is 663 g/mol. The number of nitrogens with one attached hydrogen (secondary N) is 1. The maximum atomic E-state index is 14.7. The molecule has 0 radical (unpaired) electrons.